The third kappa shape index (κ3) is 3.03. The quantitative estimate of drug-likeness (QED) is 0.815. The van der Waals surface area contributed by atoms with Crippen LogP contribution in [0.5, 0.6) is 0 Å². The van der Waals surface area contributed by atoms with E-state index >= 15 is 0 Å². The highest BCUT2D eigenvalue weighted by Gasteiger charge is 2.16. The minimum absolute atomic E-state index is 0.0681. The first-order chi connectivity index (χ1) is 7.56. The molecule has 1 aromatic carbocycles. The molecule has 4 heteroatoms. The Morgan fingerprint density at radius 1 is 1.44 bits per heavy atom. The second kappa shape index (κ2) is 5.61. The van der Waals surface area contributed by atoms with E-state index in [-0.39, 0.29) is 17.5 Å². The molecule has 0 radical (unpaired) electrons. The van der Waals surface area contributed by atoms with E-state index in [1.54, 1.807) is 12.1 Å². The minimum atomic E-state index is -0.507. The monoisotopic (exact) mass is 224 g/mol. The molecule has 1 amide bonds. The van der Waals surface area contributed by atoms with Crippen molar-refractivity contribution >= 4 is 5.91 Å². The summed E-state index contributed by atoms with van der Waals surface area (Å²) < 4.78 is 13.3. The smallest absolute Gasteiger partial charge is 0.254 e. The molecule has 0 aliphatic carbocycles. The molecule has 1 rings (SSSR count). The topological polar surface area (TPSA) is 55.1 Å². The van der Waals surface area contributed by atoms with Crippen LogP contribution >= 0.6 is 0 Å². The van der Waals surface area contributed by atoms with E-state index in [0.717, 1.165) is 0 Å². The molecule has 1 aromatic rings. The number of carbonyl (C=O) groups excluding carboxylic acids is 1. The summed E-state index contributed by atoms with van der Waals surface area (Å²) >= 11 is 0. The van der Waals surface area contributed by atoms with E-state index in [9.17, 15) is 9.18 Å². The highest BCUT2D eigenvalue weighted by molar-refractivity contribution is 5.94. The predicted octanol–water partition coefficient (Wildman–Crippen LogP) is 1.54. The number of nitrogens with one attached hydrogen (secondary N) is 1. The van der Waals surface area contributed by atoms with E-state index in [1.807, 2.05) is 13.8 Å². The molecule has 0 fully saturated rings. The Morgan fingerprint density at radius 2 is 2.06 bits per heavy atom. The lowest BCUT2D eigenvalue weighted by molar-refractivity contribution is 0.0925. The Balaban J connectivity index is 2.70. The van der Waals surface area contributed by atoms with Gasteiger partial charge >= 0.3 is 0 Å². The van der Waals surface area contributed by atoms with Gasteiger partial charge in [-0.15, -0.1) is 0 Å². The van der Waals surface area contributed by atoms with Crippen LogP contribution in [0.25, 0.3) is 0 Å². The van der Waals surface area contributed by atoms with Gasteiger partial charge in [0, 0.05) is 6.04 Å². The number of benzene rings is 1. The van der Waals surface area contributed by atoms with Crippen LogP contribution < -0.4 is 11.1 Å². The van der Waals surface area contributed by atoms with Crippen LogP contribution in [0, 0.1) is 11.7 Å². The van der Waals surface area contributed by atoms with E-state index in [2.05, 4.69) is 5.32 Å². The lowest BCUT2D eigenvalue weighted by Crippen LogP contribution is -2.40. The molecule has 0 spiro atoms. The number of hydrogen-bond acceptors (Lipinski definition) is 2. The molecule has 88 valence electrons. The summed E-state index contributed by atoms with van der Waals surface area (Å²) in [5.74, 6) is -0.741. The van der Waals surface area contributed by atoms with Crippen LogP contribution in [0.15, 0.2) is 24.3 Å². The summed E-state index contributed by atoms with van der Waals surface area (Å²) in [6.45, 7) is 4.28. The van der Waals surface area contributed by atoms with Crippen LogP contribution in [0.3, 0.4) is 0 Å². The van der Waals surface area contributed by atoms with Gasteiger partial charge in [-0.2, -0.15) is 0 Å². The zero-order valence-corrected chi connectivity index (χ0v) is 9.53. The van der Waals surface area contributed by atoms with Crippen molar-refractivity contribution in [1.82, 2.24) is 5.32 Å². The molecule has 2 unspecified atom stereocenters. The Hall–Kier alpha value is -1.42. The van der Waals surface area contributed by atoms with Gasteiger partial charge in [0.25, 0.3) is 5.91 Å². The van der Waals surface area contributed by atoms with Crippen LogP contribution in [0.1, 0.15) is 24.2 Å². The summed E-state index contributed by atoms with van der Waals surface area (Å²) in [6.07, 6.45) is 0. The lowest BCUT2D eigenvalue weighted by atomic mass is 10.0. The van der Waals surface area contributed by atoms with Gasteiger partial charge in [-0.05, 0) is 31.5 Å². The second-order valence-corrected chi connectivity index (χ2v) is 3.95. The van der Waals surface area contributed by atoms with E-state index in [4.69, 9.17) is 5.73 Å². The summed E-state index contributed by atoms with van der Waals surface area (Å²) in [5.41, 5.74) is 5.56. The van der Waals surface area contributed by atoms with Gasteiger partial charge < -0.3 is 11.1 Å². The molecule has 0 aliphatic rings. The van der Waals surface area contributed by atoms with Gasteiger partial charge in [-0.3, -0.25) is 4.79 Å². The first-order valence-electron chi connectivity index (χ1n) is 5.31. The predicted molar refractivity (Wildman–Crippen MR) is 61.5 cm³/mol. The number of rotatable bonds is 4. The number of nitrogens with two attached hydrogens (primary N) is 1. The molecule has 2 atom stereocenters. The fraction of sp³-hybridized carbons (Fsp3) is 0.417. The summed E-state index contributed by atoms with van der Waals surface area (Å²) in [6, 6.07) is 5.85. The van der Waals surface area contributed by atoms with Crippen LogP contribution in [-0.4, -0.2) is 18.5 Å². The summed E-state index contributed by atoms with van der Waals surface area (Å²) in [4.78, 5) is 11.7. The maximum Gasteiger partial charge on any atom is 0.254 e. The normalized spacial score (nSPS) is 14.2. The molecule has 0 aliphatic heterocycles. The third-order valence-electron chi connectivity index (χ3n) is 2.70. The highest BCUT2D eigenvalue weighted by atomic mass is 19.1. The Kier molecular flexibility index (Phi) is 4.43. The third-order valence-corrected chi connectivity index (χ3v) is 2.70. The first kappa shape index (κ1) is 12.6. The van der Waals surface area contributed by atoms with Crippen molar-refractivity contribution in [1.29, 1.82) is 0 Å². The average molecular weight is 224 g/mol. The van der Waals surface area contributed by atoms with Gasteiger partial charge in [0.05, 0.1) is 5.56 Å². The average Bonchev–Trinajstić information content (AvgIpc) is 2.28. The molecule has 0 saturated carbocycles. The molecule has 0 saturated heterocycles. The number of amides is 1. The number of hydrogen-bond donors (Lipinski definition) is 2. The second-order valence-electron chi connectivity index (χ2n) is 3.95. The van der Waals surface area contributed by atoms with Gasteiger partial charge in [-0.1, -0.05) is 19.1 Å². The standard InChI is InChI=1S/C12H17FN2O/c1-8(7-14)9(2)15-12(16)10-5-3-4-6-11(10)13/h3-6,8-9H,7,14H2,1-2H3,(H,15,16). The Labute approximate surface area is 94.8 Å². The van der Waals surface area contributed by atoms with Crippen molar-refractivity contribution in [2.75, 3.05) is 6.54 Å². The van der Waals surface area contributed by atoms with E-state index in [0.29, 0.717) is 6.54 Å². The van der Waals surface area contributed by atoms with Crippen molar-refractivity contribution in [2.24, 2.45) is 11.7 Å². The Morgan fingerprint density at radius 3 is 2.62 bits per heavy atom. The van der Waals surface area contributed by atoms with Gasteiger partial charge in [-0.25, -0.2) is 4.39 Å². The van der Waals surface area contributed by atoms with Crippen molar-refractivity contribution in [3.05, 3.63) is 35.6 Å². The van der Waals surface area contributed by atoms with E-state index in [1.165, 1.54) is 12.1 Å². The molecule has 0 aromatic heterocycles. The van der Waals surface area contributed by atoms with Gasteiger partial charge in [0.1, 0.15) is 5.82 Å². The summed E-state index contributed by atoms with van der Waals surface area (Å²) in [5, 5.41) is 2.73. The molecule has 16 heavy (non-hydrogen) atoms. The van der Waals surface area contributed by atoms with Gasteiger partial charge in [0.15, 0.2) is 0 Å². The minimum Gasteiger partial charge on any atom is -0.349 e. The first-order valence-corrected chi connectivity index (χ1v) is 5.31. The number of carbonyl (C=O) groups is 1. The van der Waals surface area contributed by atoms with E-state index < -0.39 is 11.7 Å². The van der Waals surface area contributed by atoms with Crippen molar-refractivity contribution in [2.45, 2.75) is 19.9 Å². The zero-order valence-electron chi connectivity index (χ0n) is 9.53. The highest BCUT2D eigenvalue weighted by Crippen LogP contribution is 2.07. The fourth-order valence-corrected chi connectivity index (χ4v) is 1.28. The molecule has 3 N–H and O–H groups in total. The fourth-order valence-electron chi connectivity index (χ4n) is 1.28. The molecule has 0 heterocycles. The Bertz CT molecular complexity index is 368. The van der Waals surface area contributed by atoms with Crippen LogP contribution in [-0.2, 0) is 0 Å². The lowest BCUT2D eigenvalue weighted by Gasteiger charge is -2.19. The van der Waals surface area contributed by atoms with Crippen molar-refractivity contribution < 1.29 is 9.18 Å². The summed E-state index contributed by atoms with van der Waals surface area (Å²) in [7, 11) is 0. The molecular formula is C12H17FN2O. The van der Waals surface area contributed by atoms with Gasteiger partial charge in [0.2, 0.25) is 0 Å². The zero-order chi connectivity index (χ0) is 12.1. The van der Waals surface area contributed by atoms with Crippen LogP contribution in [0.2, 0.25) is 0 Å². The maximum absolute atomic E-state index is 13.3. The molecular weight excluding hydrogens is 207 g/mol. The largest absolute Gasteiger partial charge is 0.349 e. The van der Waals surface area contributed by atoms with Crippen molar-refractivity contribution in [3.8, 4) is 0 Å². The molecule has 0 bridgehead atoms. The number of halogens is 1. The molecule has 3 nitrogen and oxygen atoms in total. The maximum atomic E-state index is 13.3. The SMILES string of the molecule is CC(CN)C(C)NC(=O)c1ccccc1F. The van der Waals surface area contributed by atoms with Crippen LogP contribution in [0.4, 0.5) is 4.39 Å². The van der Waals surface area contributed by atoms with Crippen molar-refractivity contribution in [3.63, 3.8) is 0 Å².